The number of nitrogens with zero attached hydrogens (tertiary/aromatic N) is 4. The quantitative estimate of drug-likeness (QED) is 0.886. The molecule has 6 nitrogen and oxygen atoms in total. The summed E-state index contributed by atoms with van der Waals surface area (Å²) < 4.78 is 4.14. The van der Waals surface area contributed by atoms with Crippen LogP contribution in [-0.4, -0.2) is 38.9 Å². The van der Waals surface area contributed by atoms with Crippen LogP contribution in [0.4, 0.5) is 0 Å². The Balaban J connectivity index is 1.37. The highest BCUT2D eigenvalue weighted by Crippen LogP contribution is 2.35. The van der Waals surface area contributed by atoms with Gasteiger partial charge >= 0.3 is 0 Å². The summed E-state index contributed by atoms with van der Waals surface area (Å²) in [5.74, 6) is 1.06. The predicted octanol–water partition coefficient (Wildman–Crippen LogP) is 0.767. The minimum Gasteiger partial charge on any atom is -0.312 e. The number of pyridine rings is 1. The number of piperidine rings is 1. The topological polar surface area (TPSA) is 55.1 Å². The maximum Gasteiger partial charge on any atom is 0.250 e. The molecule has 0 spiro atoms. The van der Waals surface area contributed by atoms with Gasteiger partial charge in [0.25, 0.3) is 5.56 Å². The average Bonchev–Trinajstić information content (AvgIpc) is 2.98. The van der Waals surface area contributed by atoms with Gasteiger partial charge in [-0.2, -0.15) is 5.10 Å². The van der Waals surface area contributed by atoms with Crippen LogP contribution in [0, 0.1) is 5.92 Å². The first-order valence-corrected chi connectivity index (χ1v) is 8.95. The Kier molecular flexibility index (Phi) is 3.35. The SMILES string of the molecule is O=c1cccc2n1C[C@H]1C[C@@H]2CN(Cc2cc3n(n2)CCNC3)C1. The fourth-order valence-corrected chi connectivity index (χ4v) is 4.68. The Morgan fingerprint density at radius 3 is 3.12 bits per heavy atom. The van der Waals surface area contributed by atoms with Gasteiger partial charge in [0.1, 0.15) is 0 Å². The zero-order chi connectivity index (χ0) is 16.1. The van der Waals surface area contributed by atoms with Crippen LogP contribution in [0.2, 0.25) is 0 Å². The van der Waals surface area contributed by atoms with Gasteiger partial charge in [0, 0.05) is 56.9 Å². The first-order chi connectivity index (χ1) is 11.8. The molecule has 0 unspecified atom stereocenters. The van der Waals surface area contributed by atoms with Gasteiger partial charge in [-0.3, -0.25) is 14.4 Å². The van der Waals surface area contributed by atoms with Crippen LogP contribution in [0.1, 0.15) is 29.4 Å². The Morgan fingerprint density at radius 2 is 2.21 bits per heavy atom. The van der Waals surface area contributed by atoms with E-state index in [2.05, 4.69) is 27.0 Å². The van der Waals surface area contributed by atoms with E-state index < -0.39 is 0 Å². The minimum absolute atomic E-state index is 0.157. The molecule has 1 saturated heterocycles. The van der Waals surface area contributed by atoms with Crippen LogP contribution >= 0.6 is 0 Å². The first kappa shape index (κ1) is 14.4. The van der Waals surface area contributed by atoms with Crippen LogP contribution in [-0.2, 0) is 26.2 Å². The number of nitrogens with one attached hydrogen (secondary N) is 1. The van der Waals surface area contributed by atoms with Gasteiger partial charge in [-0.25, -0.2) is 0 Å². The Bertz CT molecular complexity index is 800. The number of rotatable bonds is 2. The van der Waals surface area contributed by atoms with Crippen LogP contribution in [0.3, 0.4) is 0 Å². The average molecular weight is 325 g/mol. The summed E-state index contributed by atoms with van der Waals surface area (Å²) in [6.07, 6.45) is 1.21. The van der Waals surface area contributed by atoms with Crippen LogP contribution in [0.25, 0.3) is 0 Å². The van der Waals surface area contributed by atoms with Crippen molar-refractivity contribution in [3.05, 3.63) is 51.7 Å². The lowest BCUT2D eigenvalue weighted by Gasteiger charge is -2.42. The maximum absolute atomic E-state index is 12.1. The van der Waals surface area contributed by atoms with E-state index in [1.807, 2.05) is 10.6 Å². The van der Waals surface area contributed by atoms with E-state index in [9.17, 15) is 4.79 Å². The zero-order valence-electron chi connectivity index (χ0n) is 13.8. The van der Waals surface area contributed by atoms with E-state index in [1.54, 1.807) is 6.07 Å². The molecule has 3 aliphatic heterocycles. The molecule has 3 aliphatic rings. The third-order valence-electron chi connectivity index (χ3n) is 5.66. The summed E-state index contributed by atoms with van der Waals surface area (Å²) in [7, 11) is 0. The fraction of sp³-hybridized carbons (Fsp3) is 0.556. The summed E-state index contributed by atoms with van der Waals surface area (Å²) in [5.41, 5.74) is 3.85. The Hall–Kier alpha value is -1.92. The lowest BCUT2D eigenvalue weighted by Crippen LogP contribution is -2.46. The summed E-state index contributed by atoms with van der Waals surface area (Å²) in [5, 5.41) is 8.18. The first-order valence-electron chi connectivity index (χ1n) is 8.95. The lowest BCUT2D eigenvalue weighted by molar-refractivity contribution is 0.113. The highest BCUT2D eigenvalue weighted by atomic mass is 16.1. The molecular weight excluding hydrogens is 302 g/mol. The van der Waals surface area contributed by atoms with E-state index in [4.69, 9.17) is 5.10 Å². The van der Waals surface area contributed by atoms with Crippen molar-refractivity contribution in [1.29, 1.82) is 0 Å². The molecule has 2 aromatic rings. The van der Waals surface area contributed by atoms with Crippen LogP contribution in [0.15, 0.2) is 29.1 Å². The van der Waals surface area contributed by atoms with Gasteiger partial charge in [-0.15, -0.1) is 0 Å². The number of hydrogen-bond donors (Lipinski definition) is 1. The van der Waals surface area contributed by atoms with Crippen molar-refractivity contribution >= 4 is 0 Å². The maximum atomic E-state index is 12.1. The molecule has 2 bridgehead atoms. The molecule has 6 heteroatoms. The monoisotopic (exact) mass is 325 g/mol. The van der Waals surface area contributed by atoms with Crippen LogP contribution < -0.4 is 10.9 Å². The second-order valence-corrected chi connectivity index (χ2v) is 7.42. The number of hydrogen-bond acceptors (Lipinski definition) is 4. The second-order valence-electron chi connectivity index (χ2n) is 7.42. The molecular formula is C18H23N5O. The third kappa shape index (κ3) is 2.41. The molecule has 126 valence electrons. The van der Waals surface area contributed by atoms with Crippen molar-refractivity contribution in [3.8, 4) is 0 Å². The number of likely N-dealkylation sites (tertiary alicyclic amines) is 1. The number of fused-ring (bicyclic) bond motifs is 5. The Morgan fingerprint density at radius 1 is 1.25 bits per heavy atom. The molecule has 0 radical (unpaired) electrons. The number of aromatic nitrogens is 3. The van der Waals surface area contributed by atoms with E-state index in [0.717, 1.165) is 45.8 Å². The van der Waals surface area contributed by atoms with E-state index >= 15 is 0 Å². The molecule has 5 heterocycles. The molecule has 0 aliphatic carbocycles. The Labute approximate surface area is 141 Å². The summed E-state index contributed by atoms with van der Waals surface area (Å²) >= 11 is 0. The van der Waals surface area contributed by atoms with Gasteiger partial charge in [-0.05, 0) is 24.5 Å². The molecule has 2 aromatic heterocycles. The highest BCUT2D eigenvalue weighted by Gasteiger charge is 2.34. The van der Waals surface area contributed by atoms with Gasteiger partial charge in [0.2, 0.25) is 0 Å². The zero-order valence-corrected chi connectivity index (χ0v) is 13.8. The molecule has 1 N–H and O–H groups in total. The summed E-state index contributed by atoms with van der Waals surface area (Å²) in [4.78, 5) is 14.6. The van der Waals surface area contributed by atoms with Crippen molar-refractivity contribution in [2.75, 3.05) is 19.6 Å². The normalized spacial score (nSPS) is 26.0. The van der Waals surface area contributed by atoms with E-state index in [1.165, 1.54) is 23.5 Å². The molecule has 2 atom stereocenters. The van der Waals surface area contributed by atoms with E-state index in [-0.39, 0.29) is 5.56 Å². The van der Waals surface area contributed by atoms with Crippen molar-refractivity contribution in [1.82, 2.24) is 24.6 Å². The van der Waals surface area contributed by atoms with Gasteiger partial charge in [0.05, 0.1) is 17.9 Å². The standard InChI is InChI=1S/C18H23N5O/c24-18-3-1-2-17-14-6-13(10-22(17)18)9-21(11-14)12-15-7-16-8-19-4-5-23(16)20-15/h1-3,7,13-14,19H,4-6,8-12H2/t13-,14+/m0/s1. The summed E-state index contributed by atoms with van der Waals surface area (Å²) in [6.45, 7) is 6.78. The fourth-order valence-electron chi connectivity index (χ4n) is 4.68. The second kappa shape index (κ2) is 5.57. The molecule has 0 amide bonds. The smallest absolute Gasteiger partial charge is 0.250 e. The van der Waals surface area contributed by atoms with Crippen molar-refractivity contribution in [3.63, 3.8) is 0 Å². The van der Waals surface area contributed by atoms with Gasteiger partial charge in [0.15, 0.2) is 0 Å². The molecule has 24 heavy (non-hydrogen) atoms. The molecule has 5 rings (SSSR count). The minimum atomic E-state index is 0.157. The largest absolute Gasteiger partial charge is 0.312 e. The van der Waals surface area contributed by atoms with Crippen molar-refractivity contribution in [2.45, 2.75) is 38.5 Å². The van der Waals surface area contributed by atoms with Crippen LogP contribution in [0.5, 0.6) is 0 Å². The van der Waals surface area contributed by atoms with E-state index in [0.29, 0.717) is 11.8 Å². The van der Waals surface area contributed by atoms with Crippen molar-refractivity contribution in [2.24, 2.45) is 5.92 Å². The van der Waals surface area contributed by atoms with Crippen molar-refractivity contribution < 1.29 is 0 Å². The highest BCUT2D eigenvalue weighted by molar-refractivity contribution is 5.18. The molecule has 1 fully saturated rings. The molecule has 0 saturated carbocycles. The summed E-state index contributed by atoms with van der Waals surface area (Å²) in [6, 6.07) is 7.97. The third-order valence-corrected chi connectivity index (χ3v) is 5.66. The van der Waals surface area contributed by atoms with Gasteiger partial charge < -0.3 is 9.88 Å². The predicted molar refractivity (Wildman–Crippen MR) is 90.8 cm³/mol. The molecule has 0 aromatic carbocycles. The van der Waals surface area contributed by atoms with Gasteiger partial charge in [-0.1, -0.05) is 6.07 Å². The lowest BCUT2D eigenvalue weighted by atomic mass is 9.83.